The molecule has 2 heterocycles. The van der Waals surface area contributed by atoms with Crippen LogP contribution in [0.25, 0.3) is 0 Å². The van der Waals surface area contributed by atoms with Crippen LogP contribution in [0, 0.1) is 11.3 Å². The van der Waals surface area contributed by atoms with Gasteiger partial charge in [-0.15, -0.1) is 0 Å². The third-order valence-corrected chi connectivity index (χ3v) is 2.58. The number of nitrogens with zero attached hydrogens (tertiary/aromatic N) is 2. The van der Waals surface area contributed by atoms with E-state index < -0.39 is 5.60 Å². The average Bonchev–Trinajstić information content (AvgIpc) is 2.75. The van der Waals surface area contributed by atoms with Crippen LogP contribution in [-0.4, -0.2) is 35.5 Å². The van der Waals surface area contributed by atoms with Crippen molar-refractivity contribution in [3.05, 3.63) is 24.0 Å². The molecule has 0 radical (unpaired) electrons. The van der Waals surface area contributed by atoms with Gasteiger partial charge in [-0.3, -0.25) is 0 Å². The first kappa shape index (κ1) is 10.9. The number of nitrogens with one attached hydrogen (secondary N) is 1. The average molecular weight is 219 g/mol. The van der Waals surface area contributed by atoms with E-state index in [-0.39, 0.29) is 0 Å². The van der Waals surface area contributed by atoms with Gasteiger partial charge in [0.05, 0.1) is 18.5 Å². The van der Waals surface area contributed by atoms with Crippen molar-refractivity contribution in [2.24, 2.45) is 0 Å². The second kappa shape index (κ2) is 4.47. The number of nitriles is 1. The van der Waals surface area contributed by atoms with Gasteiger partial charge in [-0.05, 0) is 12.1 Å². The van der Waals surface area contributed by atoms with E-state index in [9.17, 15) is 5.11 Å². The van der Waals surface area contributed by atoms with E-state index in [1.807, 2.05) is 6.07 Å². The van der Waals surface area contributed by atoms with Crippen LogP contribution in [0.4, 0.5) is 5.69 Å². The molecule has 84 valence electrons. The van der Waals surface area contributed by atoms with Gasteiger partial charge in [0, 0.05) is 19.6 Å². The standard InChI is InChI=1S/C11H13N3O2/c12-5-9-1-2-10(6-13-9)14-7-11(15)3-4-16-8-11/h1-2,6,14-15H,3-4,7-8H2. The van der Waals surface area contributed by atoms with E-state index in [0.717, 1.165) is 5.69 Å². The van der Waals surface area contributed by atoms with Crippen LogP contribution < -0.4 is 5.32 Å². The molecule has 0 amide bonds. The Morgan fingerprint density at radius 2 is 2.50 bits per heavy atom. The highest BCUT2D eigenvalue weighted by molar-refractivity contribution is 5.43. The molecule has 5 heteroatoms. The number of anilines is 1. The maximum atomic E-state index is 9.99. The van der Waals surface area contributed by atoms with Gasteiger partial charge < -0.3 is 15.2 Å². The molecule has 0 aromatic carbocycles. The second-order valence-corrected chi connectivity index (χ2v) is 3.92. The van der Waals surface area contributed by atoms with Crippen molar-refractivity contribution in [2.45, 2.75) is 12.0 Å². The number of rotatable bonds is 3. The smallest absolute Gasteiger partial charge is 0.140 e. The molecule has 0 aliphatic carbocycles. The number of aromatic nitrogens is 1. The summed E-state index contributed by atoms with van der Waals surface area (Å²) in [7, 11) is 0. The lowest BCUT2D eigenvalue weighted by Crippen LogP contribution is -2.37. The van der Waals surface area contributed by atoms with Crippen LogP contribution in [0.5, 0.6) is 0 Å². The lowest BCUT2D eigenvalue weighted by Gasteiger charge is -2.21. The second-order valence-electron chi connectivity index (χ2n) is 3.92. The molecule has 1 atom stereocenters. The van der Waals surface area contributed by atoms with Crippen molar-refractivity contribution in [2.75, 3.05) is 25.1 Å². The molecule has 0 saturated carbocycles. The lowest BCUT2D eigenvalue weighted by molar-refractivity contribution is 0.0382. The highest BCUT2D eigenvalue weighted by Gasteiger charge is 2.31. The normalized spacial score (nSPS) is 24.0. The monoisotopic (exact) mass is 219 g/mol. The van der Waals surface area contributed by atoms with Crippen LogP contribution >= 0.6 is 0 Å². The van der Waals surface area contributed by atoms with Gasteiger partial charge in [0.1, 0.15) is 17.4 Å². The summed E-state index contributed by atoms with van der Waals surface area (Å²) < 4.78 is 5.14. The van der Waals surface area contributed by atoms with Gasteiger partial charge in [-0.25, -0.2) is 4.98 Å². The van der Waals surface area contributed by atoms with Gasteiger partial charge in [0.25, 0.3) is 0 Å². The van der Waals surface area contributed by atoms with E-state index in [1.54, 1.807) is 18.3 Å². The molecule has 5 nitrogen and oxygen atoms in total. The lowest BCUT2D eigenvalue weighted by atomic mass is 10.0. The van der Waals surface area contributed by atoms with Crippen molar-refractivity contribution < 1.29 is 9.84 Å². The number of pyridine rings is 1. The fourth-order valence-corrected chi connectivity index (χ4v) is 1.57. The van der Waals surface area contributed by atoms with Crippen molar-refractivity contribution in [3.63, 3.8) is 0 Å². The number of hydrogen-bond acceptors (Lipinski definition) is 5. The largest absolute Gasteiger partial charge is 0.386 e. The molecular weight excluding hydrogens is 206 g/mol. The Labute approximate surface area is 93.7 Å². The van der Waals surface area contributed by atoms with E-state index in [1.165, 1.54) is 0 Å². The fourth-order valence-electron chi connectivity index (χ4n) is 1.57. The van der Waals surface area contributed by atoms with Crippen LogP contribution in [0.3, 0.4) is 0 Å². The minimum atomic E-state index is -0.784. The molecule has 0 spiro atoms. The Kier molecular flexibility index (Phi) is 3.04. The van der Waals surface area contributed by atoms with Crippen LogP contribution in [0.2, 0.25) is 0 Å². The van der Waals surface area contributed by atoms with Crippen molar-refractivity contribution in [1.29, 1.82) is 5.26 Å². The predicted molar refractivity (Wildman–Crippen MR) is 57.8 cm³/mol. The van der Waals surface area contributed by atoms with Gasteiger partial charge >= 0.3 is 0 Å². The van der Waals surface area contributed by atoms with E-state index in [0.29, 0.717) is 31.9 Å². The minimum absolute atomic E-state index is 0.365. The summed E-state index contributed by atoms with van der Waals surface area (Å²) in [6.45, 7) is 1.40. The third kappa shape index (κ3) is 2.48. The van der Waals surface area contributed by atoms with Crippen LogP contribution in [-0.2, 0) is 4.74 Å². The molecule has 0 bridgehead atoms. The Hall–Kier alpha value is -1.64. The zero-order valence-electron chi connectivity index (χ0n) is 8.81. The number of aliphatic hydroxyl groups is 1. The van der Waals surface area contributed by atoms with Gasteiger partial charge in [0.15, 0.2) is 0 Å². The van der Waals surface area contributed by atoms with Gasteiger partial charge in [-0.2, -0.15) is 5.26 Å². The quantitative estimate of drug-likeness (QED) is 0.774. The molecule has 1 saturated heterocycles. The summed E-state index contributed by atoms with van der Waals surface area (Å²) >= 11 is 0. The molecule has 16 heavy (non-hydrogen) atoms. The fraction of sp³-hybridized carbons (Fsp3) is 0.455. The van der Waals surface area contributed by atoms with Gasteiger partial charge in [0.2, 0.25) is 0 Å². The molecule has 1 aliphatic rings. The highest BCUT2D eigenvalue weighted by atomic mass is 16.5. The van der Waals surface area contributed by atoms with Crippen molar-refractivity contribution in [3.8, 4) is 6.07 Å². The molecule has 2 rings (SSSR count). The molecule has 1 unspecified atom stereocenters. The third-order valence-electron chi connectivity index (χ3n) is 2.58. The molecular formula is C11H13N3O2. The molecule has 1 fully saturated rings. The Morgan fingerprint density at radius 3 is 3.06 bits per heavy atom. The molecule has 1 aliphatic heterocycles. The molecule has 2 N–H and O–H groups in total. The zero-order valence-corrected chi connectivity index (χ0v) is 8.81. The van der Waals surface area contributed by atoms with Crippen molar-refractivity contribution >= 4 is 5.69 Å². The molecule has 1 aromatic heterocycles. The maximum Gasteiger partial charge on any atom is 0.140 e. The summed E-state index contributed by atoms with van der Waals surface area (Å²) in [6.07, 6.45) is 2.22. The first-order chi connectivity index (χ1) is 7.72. The van der Waals surface area contributed by atoms with Crippen LogP contribution in [0.15, 0.2) is 18.3 Å². The maximum absolute atomic E-state index is 9.99. The Bertz CT molecular complexity index is 391. The number of hydrogen-bond donors (Lipinski definition) is 2. The van der Waals surface area contributed by atoms with Crippen molar-refractivity contribution in [1.82, 2.24) is 4.98 Å². The van der Waals surface area contributed by atoms with E-state index >= 15 is 0 Å². The Balaban J connectivity index is 1.92. The summed E-state index contributed by atoms with van der Waals surface area (Å²) in [4.78, 5) is 3.93. The first-order valence-corrected chi connectivity index (χ1v) is 5.12. The topological polar surface area (TPSA) is 78.2 Å². The summed E-state index contributed by atoms with van der Waals surface area (Å²) in [5, 5.41) is 21.7. The van der Waals surface area contributed by atoms with Crippen LogP contribution in [0.1, 0.15) is 12.1 Å². The SMILES string of the molecule is N#Cc1ccc(NCC2(O)CCOC2)cn1. The zero-order chi connectivity index (χ0) is 11.4. The Morgan fingerprint density at radius 1 is 1.62 bits per heavy atom. The van der Waals surface area contributed by atoms with Gasteiger partial charge in [-0.1, -0.05) is 0 Å². The van der Waals surface area contributed by atoms with E-state index in [4.69, 9.17) is 10.00 Å². The summed E-state index contributed by atoms with van der Waals surface area (Å²) in [6, 6.07) is 5.36. The number of ether oxygens (including phenoxy) is 1. The summed E-state index contributed by atoms with van der Waals surface area (Å²) in [5.74, 6) is 0. The highest BCUT2D eigenvalue weighted by Crippen LogP contribution is 2.19. The minimum Gasteiger partial charge on any atom is -0.386 e. The summed E-state index contributed by atoms with van der Waals surface area (Å²) in [5.41, 5.74) is 0.390. The first-order valence-electron chi connectivity index (χ1n) is 5.12. The predicted octanol–water partition coefficient (Wildman–Crippen LogP) is 0.517. The van der Waals surface area contributed by atoms with E-state index in [2.05, 4.69) is 10.3 Å². The molecule has 1 aromatic rings.